The molecule has 2 fully saturated rings. The molecule has 1 aromatic heterocycles. The molecule has 0 spiro atoms. The summed E-state index contributed by atoms with van der Waals surface area (Å²) >= 11 is 0. The van der Waals surface area contributed by atoms with Gasteiger partial charge in [-0.25, -0.2) is 0 Å². The molecular weight excluding hydrogens is 242 g/mol. The summed E-state index contributed by atoms with van der Waals surface area (Å²) < 4.78 is 5.32. The van der Waals surface area contributed by atoms with E-state index in [0.29, 0.717) is 26.1 Å². The van der Waals surface area contributed by atoms with Crippen molar-refractivity contribution in [3.05, 3.63) is 24.0 Å². The Bertz CT molecular complexity index is 438. The van der Waals surface area contributed by atoms with Crippen molar-refractivity contribution in [1.82, 2.24) is 9.88 Å². The van der Waals surface area contributed by atoms with E-state index in [2.05, 4.69) is 4.98 Å². The van der Waals surface area contributed by atoms with Gasteiger partial charge in [0.2, 0.25) is 5.91 Å². The average Bonchev–Trinajstić information content (AvgIpc) is 3.09. The summed E-state index contributed by atoms with van der Waals surface area (Å²) in [6, 6.07) is 4.18. The van der Waals surface area contributed by atoms with E-state index in [-0.39, 0.29) is 11.9 Å². The van der Waals surface area contributed by atoms with E-state index < -0.39 is 5.54 Å². The summed E-state index contributed by atoms with van der Waals surface area (Å²) in [5, 5.41) is 0. The van der Waals surface area contributed by atoms with Crippen molar-refractivity contribution in [3.8, 4) is 0 Å². The van der Waals surface area contributed by atoms with Crippen LogP contribution in [0.2, 0.25) is 0 Å². The Hall–Kier alpha value is -1.33. The van der Waals surface area contributed by atoms with Crippen molar-refractivity contribution in [1.29, 1.82) is 0 Å². The third-order valence-corrected chi connectivity index (χ3v) is 4.31. The van der Waals surface area contributed by atoms with Gasteiger partial charge in [0.05, 0.1) is 11.6 Å². The first-order valence-corrected chi connectivity index (χ1v) is 7.02. The molecule has 2 aliphatic heterocycles. The molecule has 1 aromatic rings. The van der Waals surface area contributed by atoms with Crippen molar-refractivity contribution in [2.24, 2.45) is 5.73 Å². The van der Waals surface area contributed by atoms with E-state index in [0.717, 1.165) is 25.1 Å². The molecule has 5 nitrogen and oxygen atoms in total. The second kappa shape index (κ2) is 4.98. The van der Waals surface area contributed by atoms with Crippen LogP contribution in [-0.4, -0.2) is 41.1 Å². The zero-order valence-electron chi connectivity index (χ0n) is 11.1. The van der Waals surface area contributed by atoms with Gasteiger partial charge in [-0.1, -0.05) is 0 Å². The highest BCUT2D eigenvalue weighted by molar-refractivity contribution is 5.86. The second-order valence-electron chi connectivity index (χ2n) is 5.55. The minimum Gasteiger partial charge on any atom is -0.381 e. The Morgan fingerprint density at radius 3 is 2.95 bits per heavy atom. The number of likely N-dealkylation sites (tertiary alicyclic amines) is 1. The van der Waals surface area contributed by atoms with Crippen molar-refractivity contribution >= 4 is 5.91 Å². The van der Waals surface area contributed by atoms with Crippen LogP contribution in [0.4, 0.5) is 0 Å². The van der Waals surface area contributed by atoms with Crippen molar-refractivity contribution in [3.63, 3.8) is 0 Å². The van der Waals surface area contributed by atoms with Gasteiger partial charge in [-0.05, 0) is 37.8 Å². The number of nitrogens with one attached hydrogen (secondary N) is 1. The maximum atomic E-state index is 12.8. The molecule has 104 valence electrons. The molecule has 0 saturated carbocycles. The van der Waals surface area contributed by atoms with Gasteiger partial charge in [0, 0.05) is 31.6 Å². The standard InChI is InChI=1S/C14H21N3O2/c15-14(5-9-19-10-6-14)13(18)17-8-2-4-12(17)11-3-1-7-16-11/h1,3,7,12,16H,2,4-6,8-10,15H2. The number of nitrogens with zero attached hydrogens (tertiary/aromatic N) is 1. The topological polar surface area (TPSA) is 71.4 Å². The molecule has 1 atom stereocenters. The van der Waals surface area contributed by atoms with E-state index >= 15 is 0 Å². The van der Waals surface area contributed by atoms with E-state index in [1.54, 1.807) is 0 Å². The zero-order chi connectivity index (χ0) is 13.3. The lowest BCUT2D eigenvalue weighted by atomic mass is 9.89. The molecule has 5 heteroatoms. The van der Waals surface area contributed by atoms with E-state index in [1.165, 1.54) is 0 Å². The average molecular weight is 263 g/mol. The number of nitrogens with two attached hydrogens (primary N) is 1. The number of aromatic nitrogens is 1. The Balaban J connectivity index is 1.78. The third kappa shape index (κ3) is 2.28. The number of ether oxygens (including phenoxy) is 1. The zero-order valence-corrected chi connectivity index (χ0v) is 11.1. The SMILES string of the molecule is NC1(C(=O)N2CCCC2c2ccc[nH]2)CCOCC1. The van der Waals surface area contributed by atoms with Crippen LogP contribution in [0.1, 0.15) is 37.4 Å². The monoisotopic (exact) mass is 263 g/mol. The largest absolute Gasteiger partial charge is 0.381 e. The highest BCUT2D eigenvalue weighted by Gasteiger charge is 2.42. The van der Waals surface area contributed by atoms with Gasteiger partial charge in [0.25, 0.3) is 0 Å². The maximum absolute atomic E-state index is 12.8. The number of rotatable bonds is 2. The summed E-state index contributed by atoms with van der Waals surface area (Å²) in [6.45, 7) is 1.98. The molecule has 3 heterocycles. The van der Waals surface area contributed by atoms with Crippen molar-refractivity contribution in [2.45, 2.75) is 37.3 Å². The van der Waals surface area contributed by atoms with Crippen LogP contribution in [0.5, 0.6) is 0 Å². The Kier molecular flexibility index (Phi) is 3.33. The normalized spacial score (nSPS) is 26.6. The van der Waals surface area contributed by atoms with Crippen LogP contribution in [0, 0.1) is 0 Å². The van der Waals surface area contributed by atoms with E-state index in [4.69, 9.17) is 10.5 Å². The molecule has 19 heavy (non-hydrogen) atoms. The number of H-pyrrole nitrogens is 1. The first-order valence-electron chi connectivity index (χ1n) is 7.02. The predicted octanol–water partition coefficient (Wildman–Crippen LogP) is 1.19. The van der Waals surface area contributed by atoms with Crippen LogP contribution < -0.4 is 5.73 Å². The lowest BCUT2D eigenvalue weighted by Crippen LogP contribution is -2.57. The highest BCUT2D eigenvalue weighted by Crippen LogP contribution is 2.34. The van der Waals surface area contributed by atoms with Gasteiger partial charge in [0.1, 0.15) is 0 Å². The first kappa shape index (κ1) is 12.7. The molecule has 0 aliphatic carbocycles. The minimum atomic E-state index is -0.729. The van der Waals surface area contributed by atoms with E-state index in [1.807, 2.05) is 23.2 Å². The summed E-state index contributed by atoms with van der Waals surface area (Å²) in [5.41, 5.74) is 6.70. The number of hydrogen-bond acceptors (Lipinski definition) is 3. The molecule has 1 amide bonds. The molecule has 3 rings (SSSR count). The first-order chi connectivity index (χ1) is 9.21. The summed E-state index contributed by atoms with van der Waals surface area (Å²) in [5.74, 6) is 0.0906. The minimum absolute atomic E-state index is 0.0906. The highest BCUT2D eigenvalue weighted by atomic mass is 16.5. The number of hydrogen-bond donors (Lipinski definition) is 2. The lowest BCUT2D eigenvalue weighted by Gasteiger charge is -2.37. The molecule has 1 unspecified atom stereocenters. The molecule has 3 N–H and O–H groups in total. The van der Waals surface area contributed by atoms with Crippen molar-refractivity contribution in [2.75, 3.05) is 19.8 Å². The Morgan fingerprint density at radius 2 is 2.26 bits per heavy atom. The van der Waals surface area contributed by atoms with Crippen LogP contribution in [0.25, 0.3) is 0 Å². The fraction of sp³-hybridized carbons (Fsp3) is 0.643. The van der Waals surface area contributed by atoms with Crippen LogP contribution in [0.3, 0.4) is 0 Å². The predicted molar refractivity (Wildman–Crippen MR) is 71.5 cm³/mol. The fourth-order valence-electron chi connectivity index (χ4n) is 3.12. The van der Waals surface area contributed by atoms with Gasteiger partial charge >= 0.3 is 0 Å². The van der Waals surface area contributed by atoms with Gasteiger partial charge in [0.15, 0.2) is 0 Å². The smallest absolute Gasteiger partial charge is 0.243 e. The van der Waals surface area contributed by atoms with E-state index in [9.17, 15) is 4.79 Å². The van der Waals surface area contributed by atoms with Gasteiger partial charge in [-0.2, -0.15) is 0 Å². The Morgan fingerprint density at radius 1 is 1.47 bits per heavy atom. The third-order valence-electron chi connectivity index (χ3n) is 4.31. The Labute approximate surface area is 113 Å². The molecule has 2 saturated heterocycles. The quantitative estimate of drug-likeness (QED) is 0.842. The molecule has 2 aliphatic rings. The molecular formula is C14H21N3O2. The van der Waals surface area contributed by atoms with Gasteiger partial charge < -0.3 is 20.4 Å². The summed E-state index contributed by atoms with van der Waals surface area (Å²) in [6.07, 6.45) is 5.21. The lowest BCUT2D eigenvalue weighted by molar-refractivity contribution is -0.141. The number of aromatic amines is 1. The summed E-state index contributed by atoms with van der Waals surface area (Å²) in [7, 11) is 0. The van der Waals surface area contributed by atoms with Gasteiger partial charge in [-0.3, -0.25) is 4.79 Å². The fourth-order valence-corrected chi connectivity index (χ4v) is 3.12. The van der Waals surface area contributed by atoms with Crippen LogP contribution in [-0.2, 0) is 9.53 Å². The van der Waals surface area contributed by atoms with Crippen LogP contribution >= 0.6 is 0 Å². The second-order valence-corrected chi connectivity index (χ2v) is 5.55. The number of amides is 1. The molecule has 0 bridgehead atoms. The number of carbonyl (C=O) groups excluding carboxylic acids is 1. The maximum Gasteiger partial charge on any atom is 0.243 e. The summed E-state index contributed by atoms with van der Waals surface area (Å²) in [4.78, 5) is 17.9. The van der Waals surface area contributed by atoms with Crippen molar-refractivity contribution < 1.29 is 9.53 Å². The molecule has 0 radical (unpaired) electrons. The van der Waals surface area contributed by atoms with Gasteiger partial charge in [-0.15, -0.1) is 0 Å². The number of carbonyl (C=O) groups is 1. The molecule has 0 aromatic carbocycles. The van der Waals surface area contributed by atoms with Crippen LogP contribution in [0.15, 0.2) is 18.3 Å².